The predicted octanol–water partition coefficient (Wildman–Crippen LogP) is 2.09. The fraction of sp³-hybridized carbons (Fsp3) is 0.0769. The number of nitro groups is 1. The Bertz CT molecular complexity index is 630. The van der Waals surface area contributed by atoms with Crippen LogP contribution in [-0.2, 0) is 9.59 Å². The van der Waals surface area contributed by atoms with Crippen LogP contribution in [0.15, 0.2) is 41.5 Å². The van der Waals surface area contributed by atoms with Crippen molar-refractivity contribution in [2.45, 2.75) is 6.92 Å². The second-order valence-electron chi connectivity index (χ2n) is 3.88. The van der Waals surface area contributed by atoms with Gasteiger partial charge in [0.2, 0.25) is 0 Å². The number of benzene rings is 1. The lowest BCUT2D eigenvalue weighted by Crippen LogP contribution is -2.03. The summed E-state index contributed by atoms with van der Waals surface area (Å²) >= 11 is 0. The number of hydrogen-bond donors (Lipinski definition) is 2. The van der Waals surface area contributed by atoms with Crippen LogP contribution >= 0.6 is 0 Å². The third-order valence-electron chi connectivity index (χ3n) is 2.39. The largest absolute Gasteiger partial charge is 0.478 e. The molecule has 0 aliphatic rings. The number of non-ortho nitro benzene ring substituents is 1. The summed E-state index contributed by atoms with van der Waals surface area (Å²) in [7, 11) is 0. The Hall–Kier alpha value is -2.96. The normalized spacial score (nSPS) is 12.1. The van der Waals surface area contributed by atoms with E-state index in [2.05, 4.69) is 0 Å². The lowest BCUT2D eigenvalue weighted by atomic mass is 10.0. The summed E-state index contributed by atoms with van der Waals surface area (Å²) in [6, 6.07) is 5.39. The molecule has 0 amide bonds. The van der Waals surface area contributed by atoms with Crippen molar-refractivity contribution >= 4 is 23.7 Å². The zero-order chi connectivity index (χ0) is 15.3. The van der Waals surface area contributed by atoms with Crippen molar-refractivity contribution in [3.8, 4) is 0 Å². The van der Waals surface area contributed by atoms with Gasteiger partial charge in [0.15, 0.2) is 0 Å². The Labute approximate surface area is 113 Å². The van der Waals surface area contributed by atoms with Gasteiger partial charge in [0.05, 0.1) is 10.5 Å². The van der Waals surface area contributed by atoms with Gasteiger partial charge in [-0.2, -0.15) is 0 Å². The monoisotopic (exact) mass is 277 g/mol. The van der Waals surface area contributed by atoms with Gasteiger partial charge in [-0.3, -0.25) is 10.1 Å². The molecule has 0 saturated carbocycles. The predicted molar refractivity (Wildman–Crippen MR) is 70.1 cm³/mol. The first-order valence-electron chi connectivity index (χ1n) is 5.42. The van der Waals surface area contributed by atoms with Gasteiger partial charge in [0.25, 0.3) is 5.69 Å². The first kappa shape index (κ1) is 15.1. The summed E-state index contributed by atoms with van der Waals surface area (Å²) < 4.78 is 0. The zero-order valence-electron chi connectivity index (χ0n) is 10.4. The molecule has 2 N–H and O–H groups in total. The van der Waals surface area contributed by atoms with Crippen molar-refractivity contribution in [3.05, 3.63) is 57.2 Å². The van der Waals surface area contributed by atoms with Crippen LogP contribution in [0.1, 0.15) is 12.5 Å². The molecule has 0 atom stereocenters. The Kier molecular flexibility index (Phi) is 4.74. The first-order chi connectivity index (χ1) is 9.31. The van der Waals surface area contributed by atoms with E-state index in [1.54, 1.807) is 0 Å². The van der Waals surface area contributed by atoms with E-state index in [-0.39, 0.29) is 16.8 Å². The van der Waals surface area contributed by atoms with Crippen LogP contribution < -0.4 is 0 Å². The Balaban J connectivity index is 3.28. The molecule has 0 aliphatic carbocycles. The molecule has 0 bridgehead atoms. The highest BCUT2D eigenvalue weighted by Crippen LogP contribution is 2.19. The van der Waals surface area contributed by atoms with E-state index in [0.29, 0.717) is 5.56 Å². The maximum atomic E-state index is 11.1. The van der Waals surface area contributed by atoms with E-state index in [0.717, 1.165) is 6.08 Å². The first-order valence-corrected chi connectivity index (χ1v) is 5.42. The summed E-state index contributed by atoms with van der Waals surface area (Å²) in [4.78, 5) is 31.7. The lowest BCUT2D eigenvalue weighted by Gasteiger charge is -2.02. The second kappa shape index (κ2) is 6.28. The summed E-state index contributed by atoms with van der Waals surface area (Å²) in [5, 5.41) is 28.3. The number of rotatable bonds is 5. The molecule has 7 nitrogen and oxygen atoms in total. The molecule has 0 unspecified atom stereocenters. The number of nitrogens with zero attached hydrogens (tertiary/aromatic N) is 1. The standard InChI is InChI=1S/C13H11NO6/c1-8(5-12(15)16)11(13(17)18)7-9-3-2-4-10(6-9)14(19)20/h2-7H,1H3,(H,15,16)(H,17,18)/b8-5+,11-7-. The molecule has 0 spiro atoms. The van der Waals surface area contributed by atoms with E-state index in [4.69, 9.17) is 10.2 Å². The van der Waals surface area contributed by atoms with Crippen LogP contribution in [0, 0.1) is 10.1 Å². The van der Waals surface area contributed by atoms with Crippen molar-refractivity contribution in [2.75, 3.05) is 0 Å². The minimum atomic E-state index is -1.31. The maximum absolute atomic E-state index is 11.1. The number of nitro benzene ring substituents is 1. The molecule has 0 saturated heterocycles. The molecule has 1 aromatic rings. The smallest absolute Gasteiger partial charge is 0.335 e. The van der Waals surface area contributed by atoms with Gasteiger partial charge in [0, 0.05) is 18.2 Å². The molecule has 0 aromatic heterocycles. The van der Waals surface area contributed by atoms with E-state index in [9.17, 15) is 19.7 Å². The summed E-state index contributed by atoms with van der Waals surface area (Å²) in [5.74, 6) is -2.58. The van der Waals surface area contributed by atoms with E-state index < -0.39 is 16.9 Å². The molecule has 20 heavy (non-hydrogen) atoms. The van der Waals surface area contributed by atoms with Crippen LogP contribution in [0.4, 0.5) is 5.69 Å². The van der Waals surface area contributed by atoms with Gasteiger partial charge in [-0.1, -0.05) is 12.1 Å². The van der Waals surface area contributed by atoms with Crippen molar-refractivity contribution in [1.29, 1.82) is 0 Å². The molecule has 7 heteroatoms. The highest BCUT2D eigenvalue weighted by molar-refractivity contribution is 5.99. The maximum Gasteiger partial charge on any atom is 0.335 e. The van der Waals surface area contributed by atoms with Crippen molar-refractivity contribution < 1.29 is 24.7 Å². The molecule has 0 aliphatic heterocycles. The molecule has 1 rings (SSSR count). The Morgan fingerprint density at radius 1 is 1.30 bits per heavy atom. The lowest BCUT2D eigenvalue weighted by molar-refractivity contribution is -0.384. The number of aliphatic carboxylic acids is 2. The number of carboxylic acid groups (broad SMARTS) is 2. The van der Waals surface area contributed by atoms with Crippen LogP contribution in [0.5, 0.6) is 0 Å². The minimum absolute atomic E-state index is 0.0384. The van der Waals surface area contributed by atoms with Crippen molar-refractivity contribution in [3.63, 3.8) is 0 Å². The Morgan fingerprint density at radius 3 is 2.45 bits per heavy atom. The van der Waals surface area contributed by atoms with Gasteiger partial charge in [-0.25, -0.2) is 9.59 Å². The molecule has 1 aromatic carbocycles. The minimum Gasteiger partial charge on any atom is -0.478 e. The fourth-order valence-electron chi connectivity index (χ4n) is 1.50. The highest BCUT2D eigenvalue weighted by atomic mass is 16.6. The highest BCUT2D eigenvalue weighted by Gasteiger charge is 2.12. The molecule has 104 valence electrons. The average molecular weight is 277 g/mol. The zero-order valence-corrected chi connectivity index (χ0v) is 10.4. The molecule has 0 radical (unpaired) electrons. The van der Waals surface area contributed by atoms with Gasteiger partial charge in [-0.05, 0) is 24.1 Å². The van der Waals surface area contributed by atoms with E-state index in [1.807, 2.05) is 0 Å². The average Bonchev–Trinajstić information content (AvgIpc) is 2.34. The van der Waals surface area contributed by atoms with E-state index >= 15 is 0 Å². The van der Waals surface area contributed by atoms with Gasteiger partial charge >= 0.3 is 11.9 Å². The summed E-state index contributed by atoms with van der Waals surface area (Å²) in [5.41, 5.74) is -0.0810. The van der Waals surface area contributed by atoms with Crippen LogP contribution in [-0.4, -0.2) is 27.1 Å². The third-order valence-corrected chi connectivity index (χ3v) is 2.39. The Morgan fingerprint density at radius 2 is 1.95 bits per heavy atom. The molecule has 0 heterocycles. The SMILES string of the molecule is CC(=C\C(=O)O)/C(=C/c1cccc([N+](=O)[O-])c1)C(=O)O. The van der Waals surface area contributed by atoms with Crippen LogP contribution in [0.25, 0.3) is 6.08 Å². The fourth-order valence-corrected chi connectivity index (χ4v) is 1.50. The number of hydrogen-bond acceptors (Lipinski definition) is 4. The molecule has 0 fully saturated rings. The molecular formula is C13H11NO6. The molecular weight excluding hydrogens is 266 g/mol. The quantitative estimate of drug-likeness (QED) is 0.368. The summed E-state index contributed by atoms with van der Waals surface area (Å²) in [6.45, 7) is 1.34. The van der Waals surface area contributed by atoms with Crippen LogP contribution in [0.3, 0.4) is 0 Å². The van der Waals surface area contributed by atoms with Crippen molar-refractivity contribution in [2.24, 2.45) is 0 Å². The number of carboxylic acids is 2. The van der Waals surface area contributed by atoms with Gasteiger partial charge < -0.3 is 10.2 Å². The number of carbonyl (C=O) groups is 2. The van der Waals surface area contributed by atoms with Gasteiger partial charge in [-0.15, -0.1) is 0 Å². The topological polar surface area (TPSA) is 118 Å². The third kappa shape index (κ3) is 4.05. The van der Waals surface area contributed by atoms with Crippen molar-refractivity contribution in [1.82, 2.24) is 0 Å². The van der Waals surface area contributed by atoms with Gasteiger partial charge in [0.1, 0.15) is 0 Å². The second-order valence-corrected chi connectivity index (χ2v) is 3.88. The summed E-state index contributed by atoms with van der Waals surface area (Å²) in [6.07, 6.45) is 1.95. The van der Waals surface area contributed by atoms with Crippen LogP contribution in [0.2, 0.25) is 0 Å². The van der Waals surface area contributed by atoms with E-state index in [1.165, 1.54) is 37.3 Å².